The predicted molar refractivity (Wildman–Crippen MR) is 82.8 cm³/mol. The molecule has 0 saturated heterocycles. The van der Waals surface area contributed by atoms with Crippen LogP contribution in [0.5, 0.6) is 0 Å². The van der Waals surface area contributed by atoms with Crippen LogP contribution in [0.1, 0.15) is 24.1 Å². The molecule has 2 aromatic carbocycles. The maximum absolute atomic E-state index is 11.9. The number of amides is 2. The zero-order chi connectivity index (χ0) is 15.2. The van der Waals surface area contributed by atoms with Crippen molar-refractivity contribution in [2.24, 2.45) is 0 Å². The first kappa shape index (κ1) is 14.8. The molecule has 0 heterocycles. The Morgan fingerprint density at radius 1 is 0.905 bits per heavy atom. The first-order valence-corrected chi connectivity index (χ1v) is 6.79. The SMILES string of the molecule is Cc1ccc(NC(=O)C(=O)N[C@H](C)c2ccccc2)cc1. The third kappa shape index (κ3) is 4.18. The Labute approximate surface area is 124 Å². The average molecular weight is 282 g/mol. The molecule has 0 aliphatic rings. The number of benzene rings is 2. The highest BCUT2D eigenvalue weighted by molar-refractivity contribution is 6.39. The smallest absolute Gasteiger partial charge is 0.313 e. The van der Waals surface area contributed by atoms with Crippen molar-refractivity contribution in [3.05, 3.63) is 65.7 Å². The summed E-state index contributed by atoms with van der Waals surface area (Å²) < 4.78 is 0. The Morgan fingerprint density at radius 2 is 1.52 bits per heavy atom. The van der Waals surface area contributed by atoms with Crippen LogP contribution in [0.15, 0.2) is 54.6 Å². The van der Waals surface area contributed by atoms with Crippen LogP contribution in [-0.2, 0) is 9.59 Å². The summed E-state index contributed by atoms with van der Waals surface area (Å²) in [6.07, 6.45) is 0. The first-order valence-electron chi connectivity index (χ1n) is 6.79. The molecule has 0 aliphatic carbocycles. The van der Waals surface area contributed by atoms with E-state index in [-0.39, 0.29) is 6.04 Å². The van der Waals surface area contributed by atoms with E-state index in [4.69, 9.17) is 0 Å². The van der Waals surface area contributed by atoms with E-state index in [1.54, 1.807) is 12.1 Å². The second kappa shape index (κ2) is 6.70. The lowest BCUT2D eigenvalue weighted by Gasteiger charge is -2.14. The van der Waals surface area contributed by atoms with Crippen molar-refractivity contribution in [1.29, 1.82) is 0 Å². The lowest BCUT2D eigenvalue weighted by atomic mass is 10.1. The van der Waals surface area contributed by atoms with E-state index in [9.17, 15) is 9.59 Å². The summed E-state index contributed by atoms with van der Waals surface area (Å²) in [5.74, 6) is -1.31. The largest absolute Gasteiger partial charge is 0.341 e. The zero-order valence-corrected chi connectivity index (χ0v) is 12.1. The lowest BCUT2D eigenvalue weighted by molar-refractivity contribution is -0.136. The van der Waals surface area contributed by atoms with Crippen LogP contribution >= 0.6 is 0 Å². The van der Waals surface area contributed by atoms with Crippen LogP contribution in [0.25, 0.3) is 0 Å². The molecule has 2 rings (SSSR count). The van der Waals surface area contributed by atoms with Gasteiger partial charge in [0.05, 0.1) is 6.04 Å². The standard InChI is InChI=1S/C17H18N2O2/c1-12-8-10-15(11-9-12)19-17(21)16(20)18-13(2)14-6-4-3-5-7-14/h3-11,13H,1-2H3,(H,18,20)(H,19,21)/t13-/m1/s1. The van der Waals surface area contributed by atoms with Crippen LogP contribution < -0.4 is 10.6 Å². The van der Waals surface area contributed by atoms with Crippen LogP contribution in [0.3, 0.4) is 0 Å². The zero-order valence-electron chi connectivity index (χ0n) is 12.1. The highest BCUT2D eigenvalue weighted by Crippen LogP contribution is 2.11. The fourth-order valence-electron chi connectivity index (χ4n) is 1.91. The van der Waals surface area contributed by atoms with Gasteiger partial charge in [-0.15, -0.1) is 0 Å². The van der Waals surface area contributed by atoms with Crippen LogP contribution in [0.4, 0.5) is 5.69 Å². The Balaban J connectivity index is 1.93. The Morgan fingerprint density at radius 3 is 2.14 bits per heavy atom. The number of nitrogens with one attached hydrogen (secondary N) is 2. The predicted octanol–water partition coefficient (Wildman–Crippen LogP) is 2.81. The Bertz CT molecular complexity index is 621. The summed E-state index contributed by atoms with van der Waals surface area (Å²) >= 11 is 0. The average Bonchev–Trinajstić information content (AvgIpc) is 2.50. The number of carbonyl (C=O) groups is 2. The quantitative estimate of drug-likeness (QED) is 0.850. The molecule has 1 atom stereocenters. The highest BCUT2D eigenvalue weighted by atomic mass is 16.2. The van der Waals surface area contributed by atoms with Gasteiger partial charge in [0, 0.05) is 5.69 Å². The Hall–Kier alpha value is -2.62. The molecule has 2 amide bonds. The molecule has 0 spiro atoms. The number of carbonyl (C=O) groups excluding carboxylic acids is 2. The van der Waals surface area contributed by atoms with E-state index in [1.807, 2.05) is 56.3 Å². The van der Waals surface area contributed by atoms with Crippen molar-refractivity contribution in [2.75, 3.05) is 5.32 Å². The van der Waals surface area contributed by atoms with Gasteiger partial charge in [-0.1, -0.05) is 48.0 Å². The van der Waals surface area contributed by atoms with Gasteiger partial charge in [-0.05, 0) is 31.5 Å². The number of rotatable bonds is 3. The van der Waals surface area contributed by atoms with Crippen LogP contribution in [0.2, 0.25) is 0 Å². The van der Waals surface area contributed by atoms with Gasteiger partial charge >= 0.3 is 11.8 Å². The molecule has 21 heavy (non-hydrogen) atoms. The normalized spacial score (nSPS) is 11.5. The minimum Gasteiger partial charge on any atom is -0.341 e. The van der Waals surface area contributed by atoms with E-state index < -0.39 is 11.8 Å². The molecule has 0 aliphatic heterocycles. The first-order chi connectivity index (χ1) is 10.1. The molecule has 0 aromatic heterocycles. The molecule has 0 fully saturated rings. The third-order valence-electron chi connectivity index (χ3n) is 3.16. The lowest BCUT2D eigenvalue weighted by Crippen LogP contribution is -2.36. The van der Waals surface area contributed by atoms with Crippen molar-refractivity contribution in [1.82, 2.24) is 5.32 Å². The maximum Gasteiger partial charge on any atom is 0.313 e. The van der Waals surface area contributed by atoms with E-state index in [0.29, 0.717) is 5.69 Å². The maximum atomic E-state index is 11.9. The number of aryl methyl sites for hydroxylation is 1. The van der Waals surface area contributed by atoms with Crippen molar-refractivity contribution in [3.63, 3.8) is 0 Å². The van der Waals surface area contributed by atoms with Crippen LogP contribution in [0, 0.1) is 6.92 Å². The molecule has 0 unspecified atom stereocenters. The van der Waals surface area contributed by atoms with Crippen LogP contribution in [-0.4, -0.2) is 11.8 Å². The van der Waals surface area contributed by atoms with E-state index in [2.05, 4.69) is 10.6 Å². The monoisotopic (exact) mass is 282 g/mol. The number of hydrogen-bond donors (Lipinski definition) is 2. The minimum atomic E-state index is -0.665. The molecular weight excluding hydrogens is 264 g/mol. The fraction of sp³-hybridized carbons (Fsp3) is 0.176. The molecule has 4 nitrogen and oxygen atoms in total. The van der Waals surface area contributed by atoms with Gasteiger partial charge in [0.1, 0.15) is 0 Å². The van der Waals surface area contributed by atoms with Crippen molar-refractivity contribution < 1.29 is 9.59 Å². The van der Waals surface area contributed by atoms with Gasteiger partial charge in [0.2, 0.25) is 0 Å². The van der Waals surface area contributed by atoms with Gasteiger partial charge < -0.3 is 10.6 Å². The van der Waals surface area contributed by atoms with E-state index in [1.165, 1.54) is 0 Å². The summed E-state index contributed by atoms with van der Waals surface area (Å²) in [6.45, 7) is 3.80. The number of hydrogen-bond acceptors (Lipinski definition) is 2. The summed E-state index contributed by atoms with van der Waals surface area (Å²) in [5.41, 5.74) is 2.65. The van der Waals surface area contributed by atoms with E-state index in [0.717, 1.165) is 11.1 Å². The van der Waals surface area contributed by atoms with Crippen molar-refractivity contribution in [3.8, 4) is 0 Å². The minimum absolute atomic E-state index is 0.220. The molecule has 108 valence electrons. The topological polar surface area (TPSA) is 58.2 Å². The third-order valence-corrected chi connectivity index (χ3v) is 3.16. The summed E-state index contributed by atoms with van der Waals surface area (Å²) in [4.78, 5) is 23.7. The summed E-state index contributed by atoms with van der Waals surface area (Å²) in [7, 11) is 0. The fourth-order valence-corrected chi connectivity index (χ4v) is 1.91. The van der Waals surface area contributed by atoms with Crippen molar-refractivity contribution >= 4 is 17.5 Å². The second-order valence-electron chi connectivity index (χ2n) is 4.93. The van der Waals surface area contributed by atoms with Crippen molar-refractivity contribution in [2.45, 2.75) is 19.9 Å². The molecule has 0 radical (unpaired) electrons. The molecule has 2 N–H and O–H groups in total. The Kier molecular flexibility index (Phi) is 4.72. The second-order valence-corrected chi connectivity index (χ2v) is 4.93. The van der Waals surface area contributed by atoms with Gasteiger partial charge in [-0.3, -0.25) is 9.59 Å². The summed E-state index contributed by atoms with van der Waals surface area (Å²) in [5, 5.41) is 5.25. The molecule has 0 saturated carbocycles. The number of anilines is 1. The molecule has 4 heteroatoms. The van der Waals surface area contributed by atoms with Gasteiger partial charge in [0.25, 0.3) is 0 Å². The summed E-state index contributed by atoms with van der Waals surface area (Å²) in [6, 6.07) is 16.6. The highest BCUT2D eigenvalue weighted by Gasteiger charge is 2.16. The van der Waals surface area contributed by atoms with Gasteiger partial charge in [-0.25, -0.2) is 0 Å². The molecular formula is C17H18N2O2. The molecule has 2 aromatic rings. The van der Waals surface area contributed by atoms with Gasteiger partial charge in [0.15, 0.2) is 0 Å². The van der Waals surface area contributed by atoms with E-state index >= 15 is 0 Å². The van der Waals surface area contributed by atoms with Gasteiger partial charge in [-0.2, -0.15) is 0 Å². The molecule has 0 bridgehead atoms.